The summed E-state index contributed by atoms with van der Waals surface area (Å²) < 4.78 is 7.24. The molecular formula is C20H21N7O. The topological polar surface area (TPSA) is 89.3 Å². The van der Waals surface area contributed by atoms with Gasteiger partial charge in [-0.2, -0.15) is 0 Å². The molecule has 142 valence electrons. The minimum absolute atomic E-state index is 0.429. The third-order valence-corrected chi connectivity index (χ3v) is 5.40. The number of hydrogen-bond acceptors (Lipinski definition) is 7. The summed E-state index contributed by atoms with van der Waals surface area (Å²) in [5.74, 6) is 1.22. The lowest BCUT2D eigenvalue weighted by atomic mass is 9.87. The van der Waals surface area contributed by atoms with Crippen molar-refractivity contribution in [3.05, 3.63) is 43.0 Å². The van der Waals surface area contributed by atoms with Gasteiger partial charge in [0, 0.05) is 23.8 Å². The van der Waals surface area contributed by atoms with E-state index in [0.29, 0.717) is 23.9 Å². The zero-order valence-electron chi connectivity index (χ0n) is 15.8. The molecule has 3 aromatic heterocycles. The quantitative estimate of drug-likeness (QED) is 0.554. The van der Waals surface area contributed by atoms with Crippen molar-refractivity contribution in [1.29, 1.82) is 0 Å². The Labute approximate surface area is 162 Å². The van der Waals surface area contributed by atoms with Gasteiger partial charge in [-0.1, -0.05) is 6.07 Å². The fourth-order valence-electron chi connectivity index (χ4n) is 3.73. The van der Waals surface area contributed by atoms with Crippen LogP contribution in [-0.4, -0.2) is 50.8 Å². The molecule has 0 atom stereocenters. The summed E-state index contributed by atoms with van der Waals surface area (Å²) in [5.41, 5.74) is 3.89. The predicted octanol–water partition coefficient (Wildman–Crippen LogP) is 2.51. The second kappa shape index (κ2) is 6.72. The van der Waals surface area contributed by atoms with E-state index < -0.39 is 0 Å². The molecular weight excluding hydrogens is 354 g/mol. The standard InChI is InChI=1S/C20H21N7O/c1-21-13-8-14(9-13)25-20-22-10-18-15(5-6-27(18)26-20)12-3-4-17-16(7-12)19(28-2)24-11-23-17/h3-7,10-11,13-14,21H,8-9H2,1-2H3,(H,25,26)/t13-,14+. The van der Waals surface area contributed by atoms with Crippen LogP contribution in [0.25, 0.3) is 27.5 Å². The maximum Gasteiger partial charge on any atom is 0.241 e. The van der Waals surface area contributed by atoms with Crippen LogP contribution in [0.15, 0.2) is 43.0 Å². The molecule has 0 amide bonds. The van der Waals surface area contributed by atoms with Gasteiger partial charge in [-0.3, -0.25) is 0 Å². The van der Waals surface area contributed by atoms with Crippen LogP contribution < -0.4 is 15.4 Å². The molecule has 28 heavy (non-hydrogen) atoms. The van der Waals surface area contributed by atoms with Crippen LogP contribution in [0.5, 0.6) is 5.88 Å². The van der Waals surface area contributed by atoms with Gasteiger partial charge in [-0.25, -0.2) is 19.5 Å². The zero-order chi connectivity index (χ0) is 19.1. The molecule has 0 aliphatic heterocycles. The van der Waals surface area contributed by atoms with E-state index in [0.717, 1.165) is 40.4 Å². The number of ether oxygens (including phenoxy) is 1. The first-order valence-corrected chi connectivity index (χ1v) is 9.32. The van der Waals surface area contributed by atoms with Crippen molar-refractivity contribution in [1.82, 2.24) is 29.9 Å². The van der Waals surface area contributed by atoms with Crippen molar-refractivity contribution in [3.8, 4) is 17.0 Å². The molecule has 1 aliphatic carbocycles. The lowest BCUT2D eigenvalue weighted by Gasteiger charge is -2.35. The third kappa shape index (κ3) is 2.82. The average molecular weight is 375 g/mol. The third-order valence-electron chi connectivity index (χ3n) is 5.40. The highest BCUT2D eigenvalue weighted by molar-refractivity contribution is 5.91. The number of methoxy groups -OCH3 is 1. The molecule has 2 N–H and O–H groups in total. The monoisotopic (exact) mass is 375 g/mol. The van der Waals surface area contributed by atoms with Crippen LogP contribution in [0.1, 0.15) is 12.8 Å². The van der Waals surface area contributed by atoms with Crippen LogP contribution in [0.3, 0.4) is 0 Å². The molecule has 0 bridgehead atoms. The molecule has 4 aromatic rings. The molecule has 1 fully saturated rings. The van der Waals surface area contributed by atoms with Gasteiger partial charge in [0.25, 0.3) is 0 Å². The highest BCUT2D eigenvalue weighted by Crippen LogP contribution is 2.31. The molecule has 0 radical (unpaired) electrons. The van der Waals surface area contributed by atoms with Crippen molar-refractivity contribution in [2.24, 2.45) is 0 Å². The number of benzene rings is 1. The molecule has 5 rings (SSSR count). The van der Waals surface area contributed by atoms with E-state index >= 15 is 0 Å². The van der Waals surface area contributed by atoms with Gasteiger partial charge in [0.05, 0.1) is 29.7 Å². The lowest BCUT2D eigenvalue weighted by Crippen LogP contribution is -2.46. The Morgan fingerprint density at radius 1 is 1.11 bits per heavy atom. The number of nitrogens with one attached hydrogen (secondary N) is 2. The first-order valence-electron chi connectivity index (χ1n) is 9.32. The van der Waals surface area contributed by atoms with E-state index in [4.69, 9.17) is 4.74 Å². The molecule has 1 saturated carbocycles. The molecule has 1 aliphatic rings. The second-order valence-corrected chi connectivity index (χ2v) is 7.05. The van der Waals surface area contributed by atoms with Crippen molar-refractivity contribution in [2.75, 3.05) is 19.5 Å². The Morgan fingerprint density at radius 2 is 2.00 bits per heavy atom. The van der Waals surface area contributed by atoms with Crippen LogP contribution in [0.4, 0.5) is 5.95 Å². The Kier molecular flexibility index (Phi) is 4.05. The summed E-state index contributed by atoms with van der Waals surface area (Å²) in [6.07, 6.45) is 7.52. The Balaban J connectivity index is 1.47. The summed E-state index contributed by atoms with van der Waals surface area (Å²) in [4.78, 5) is 13.0. The Morgan fingerprint density at radius 3 is 2.82 bits per heavy atom. The van der Waals surface area contributed by atoms with Gasteiger partial charge in [-0.05, 0) is 43.7 Å². The number of rotatable bonds is 5. The van der Waals surface area contributed by atoms with Gasteiger partial charge < -0.3 is 15.4 Å². The van der Waals surface area contributed by atoms with Crippen molar-refractivity contribution in [2.45, 2.75) is 24.9 Å². The summed E-state index contributed by atoms with van der Waals surface area (Å²) in [6, 6.07) is 9.13. The molecule has 8 heteroatoms. The number of aromatic nitrogens is 5. The molecule has 8 nitrogen and oxygen atoms in total. The van der Waals surface area contributed by atoms with Gasteiger partial charge >= 0.3 is 0 Å². The maximum absolute atomic E-state index is 5.38. The second-order valence-electron chi connectivity index (χ2n) is 7.05. The molecule has 0 unspecified atom stereocenters. The summed E-state index contributed by atoms with van der Waals surface area (Å²) in [5, 5.41) is 12.2. The van der Waals surface area contributed by atoms with E-state index in [-0.39, 0.29) is 0 Å². The smallest absolute Gasteiger partial charge is 0.241 e. The number of anilines is 1. The number of fused-ring (bicyclic) bond motifs is 2. The van der Waals surface area contributed by atoms with Crippen LogP contribution in [0.2, 0.25) is 0 Å². The molecule has 3 heterocycles. The summed E-state index contributed by atoms with van der Waals surface area (Å²) in [7, 11) is 3.62. The van der Waals surface area contributed by atoms with Gasteiger partial charge in [0.15, 0.2) is 0 Å². The number of hydrogen-bond donors (Lipinski definition) is 2. The Hall–Kier alpha value is -3.26. The summed E-state index contributed by atoms with van der Waals surface area (Å²) >= 11 is 0. The minimum atomic E-state index is 0.429. The fraction of sp³-hybridized carbons (Fsp3) is 0.300. The molecule has 1 aromatic carbocycles. The first kappa shape index (κ1) is 16.9. The largest absolute Gasteiger partial charge is 0.480 e. The molecule has 0 saturated heterocycles. The summed E-state index contributed by atoms with van der Waals surface area (Å²) in [6.45, 7) is 0. The highest BCUT2D eigenvalue weighted by atomic mass is 16.5. The highest BCUT2D eigenvalue weighted by Gasteiger charge is 2.28. The van der Waals surface area contributed by atoms with E-state index in [1.807, 2.05) is 48.2 Å². The first-order chi connectivity index (χ1) is 13.7. The zero-order valence-corrected chi connectivity index (χ0v) is 15.8. The van der Waals surface area contributed by atoms with E-state index in [9.17, 15) is 0 Å². The number of nitrogens with zero attached hydrogens (tertiary/aromatic N) is 5. The van der Waals surface area contributed by atoms with E-state index in [1.54, 1.807) is 7.11 Å². The van der Waals surface area contributed by atoms with Gasteiger partial charge in [0.2, 0.25) is 11.8 Å². The maximum atomic E-state index is 5.38. The van der Waals surface area contributed by atoms with Crippen LogP contribution in [-0.2, 0) is 0 Å². The van der Waals surface area contributed by atoms with Gasteiger partial charge in [0.1, 0.15) is 6.33 Å². The van der Waals surface area contributed by atoms with Gasteiger partial charge in [-0.15, -0.1) is 5.10 Å². The fourth-order valence-corrected chi connectivity index (χ4v) is 3.73. The Bertz CT molecular complexity index is 1150. The molecule has 0 spiro atoms. The van der Waals surface area contributed by atoms with E-state index in [1.165, 1.54) is 6.33 Å². The lowest BCUT2D eigenvalue weighted by molar-refractivity contribution is 0.325. The predicted molar refractivity (Wildman–Crippen MR) is 108 cm³/mol. The minimum Gasteiger partial charge on any atom is -0.480 e. The van der Waals surface area contributed by atoms with Crippen molar-refractivity contribution >= 4 is 22.4 Å². The van der Waals surface area contributed by atoms with E-state index in [2.05, 4.69) is 30.7 Å². The average Bonchev–Trinajstić information content (AvgIpc) is 3.12. The van der Waals surface area contributed by atoms with Crippen LogP contribution >= 0.6 is 0 Å². The van der Waals surface area contributed by atoms with Crippen molar-refractivity contribution < 1.29 is 4.74 Å². The van der Waals surface area contributed by atoms with Crippen molar-refractivity contribution in [3.63, 3.8) is 0 Å². The normalized spacial score (nSPS) is 18.9. The SMILES string of the molecule is CN[C@H]1C[C@@H](Nc2ncc3c(-c4ccc5ncnc(OC)c5c4)ccn3n2)C1. The van der Waals surface area contributed by atoms with Crippen LogP contribution in [0, 0.1) is 0 Å².